The average Bonchev–Trinajstić information content (AvgIpc) is 2.69. The topological polar surface area (TPSA) is 89.5 Å². The Morgan fingerprint density at radius 3 is 2.41 bits per heavy atom. The van der Waals surface area contributed by atoms with Gasteiger partial charge in [0, 0.05) is 24.8 Å². The molecule has 0 saturated heterocycles. The number of amides is 2. The predicted molar refractivity (Wildman–Crippen MR) is 102 cm³/mol. The largest absolute Gasteiger partial charge is 0.493 e. The molecule has 2 aromatic rings. The summed E-state index contributed by atoms with van der Waals surface area (Å²) in [7, 11) is 3.13. The maximum Gasteiger partial charge on any atom is 0.269 e. The van der Waals surface area contributed by atoms with Crippen LogP contribution < -0.4 is 20.1 Å². The van der Waals surface area contributed by atoms with Crippen molar-refractivity contribution in [3.63, 3.8) is 0 Å². The SMILES string of the molecule is COc1ccc(CNC(=O)c2ccnc(C(=O)NCC(C)C)c2)cc1OC. The van der Waals surface area contributed by atoms with Crippen LogP contribution in [0.15, 0.2) is 36.5 Å². The summed E-state index contributed by atoms with van der Waals surface area (Å²) >= 11 is 0. The van der Waals surface area contributed by atoms with Crippen molar-refractivity contribution in [1.82, 2.24) is 15.6 Å². The Balaban J connectivity index is 2.02. The molecule has 0 bridgehead atoms. The fourth-order valence-corrected chi connectivity index (χ4v) is 2.36. The molecule has 0 unspecified atom stereocenters. The van der Waals surface area contributed by atoms with E-state index in [0.717, 1.165) is 5.56 Å². The second-order valence-electron chi connectivity index (χ2n) is 6.41. The normalized spacial score (nSPS) is 10.4. The van der Waals surface area contributed by atoms with Crippen molar-refractivity contribution in [3.05, 3.63) is 53.3 Å². The fraction of sp³-hybridized carbons (Fsp3) is 0.350. The maximum atomic E-state index is 12.4. The maximum absolute atomic E-state index is 12.4. The van der Waals surface area contributed by atoms with Gasteiger partial charge in [0.15, 0.2) is 11.5 Å². The zero-order chi connectivity index (χ0) is 19.8. The molecular formula is C20H25N3O4. The number of ether oxygens (including phenoxy) is 2. The number of nitrogens with one attached hydrogen (secondary N) is 2. The highest BCUT2D eigenvalue weighted by molar-refractivity contribution is 5.98. The zero-order valence-electron chi connectivity index (χ0n) is 16.0. The van der Waals surface area contributed by atoms with E-state index in [0.29, 0.717) is 36.1 Å². The van der Waals surface area contributed by atoms with Crippen molar-refractivity contribution < 1.29 is 19.1 Å². The van der Waals surface area contributed by atoms with Crippen LogP contribution in [-0.2, 0) is 6.54 Å². The van der Waals surface area contributed by atoms with Gasteiger partial charge in [0.05, 0.1) is 14.2 Å². The van der Waals surface area contributed by atoms with Crippen LogP contribution in [0, 0.1) is 5.92 Å². The quantitative estimate of drug-likeness (QED) is 0.744. The van der Waals surface area contributed by atoms with E-state index < -0.39 is 0 Å². The second kappa shape index (κ2) is 9.56. The van der Waals surface area contributed by atoms with E-state index in [2.05, 4.69) is 15.6 Å². The summed E-state index contributed by atoms with van der Waals surface area (Å²) in [5.41, 5.74) is 1.46. The van der Waals surface area contributed by atoms with Crippen LogP contribution >= 0.6 is 0 Å². The number of carbonyl (C=O) groups excluding carboxylic acids is 2. The van der Waals surface area contributed by atoms with Crippen molar-refractivity contribution >= 4 is 11.8 Å². The molecule has 2 N–H and O–H groups in total. The van der Waals surface area contributed by atoms with Crippen LogP contribution in [0.3, 0.4) is 0 Å². The number of aromatic nitrogens is 1. The second-order valence-corrected chi connectivity index (χ2v) is 6.41. The molecule has 27 heavy (non-hydrogen) atoms. The Morgan fingerprint density at radius 1 is 1.00 bits per heavy atom. The summed E-state index contributed by atoms with van der Waals surface area (Å²) in [5.74, 6) is 0.973. The van der Waals surface area contributed by atoms with Crippen LogP contribution in [0.1, 0.15) is 40.3 Å². The third kappa shape index (κ3) is 5.70. The van der Waals surface area contributed by atoms with E-state index in [1.165, 1.54) is 12.3 Å². The van der Waals surface area contributed by atoms with E-state index in [-0.39, 0.29) is 17.5 Å². The van der Waals surface area contributed by atoms with Crippen LogP contribution in [-0.4, -0.2) is 37.6 Å². The Bertz CT molecular complexity index is 806. The minimum atomic E-state index is -0.293. The third-order valence-corrected chi connectivity index (χ3v) is 3.83. The van der Waals surface area contributed by atoms with Gasteiger partial charge in [0.2, 0.25) is 0 Å². The monoisotopic (exact) mass is 371 g/mol. The van der Waals surface area contributed by atoms with Crippen molar-refractivity contribution in [3.8, 4) is 11.5 Å². The highest BCUT2D eigenvalue weighted by atomic mass is 16.5. The molecule has 0 atom stereocenters. The van der Waals surface area contributed by atoms with Crippen LogP contribution in [0.2, 0.25) is 0 Å². The minimum absolute atomic E-state index is 0.217. The van der Waals surface area contributed by atoms with E-state index in [4.69, 9.17) is 9.47 Å². The number of benzene rings is 1. The average molecular weight is 371 g/mol. The van der Waals surface area contributed by atoms with Gasteiger partial charge in [-0.2, -0.15) is 0 Å². The van der Waals surface area contributed by atoms with Crippen LogP contribution in [0.25, 0.3) is 0 Å². The van der Waals surface area contributed by atoms with Crippen LogP contribution in [0.5, 0.6) is 11.5 Å². The van der Waals surface area contributed by atoms with Crippen molar-refractivity contribution in [2.24, 2.45) is 5.92 Å². The zero-order valence-corrected chi connectivity index (χ0v) is 16.0. The van der Waals surface area contributed by atoms with Gasteiger partial charge < -0.3 is 20.1 Å². The molecule has 0 aliphatic heterocycles. The Labute approximate surface area is 159 Å². The smallest absolute Gasteiger partial charge is 0.269 e. The summed E-state index contributed by atoms with van der Waals surface area (Å²) in [6, 6.07) is 8.49. The highest BCUT2D eigenvalue weighted by Crippen LogP contribution is 2.27. The molecule has 0 radical (unpaired) electrons. The molecule has 1 aromatic carbocycles. The molecule has 0 aliphatic rings. The molecule has 0 aliphatic carbocycles. The lowest BCUT2D eigenvalue weighted by Gasteiger charge is -2.11. The summed E-state index contributed by atoms with van der Waals surface area (Å²) in [6.45, 7) is 4.88. The lowest BCUT2D eigenvalue weighted by Crippen LogP contribution is -2.29. The first-order chi connectivity index (χ1) is 12.9. The molecule has 0 saturated carbocycles. The summed E-state index contributed by atoms with van der Waals surface area (Å²) in [5, 5.41) is 5.61. The highest BCUT2D eigenvalue weighted by Gasteiger charge is 2.12. The van der Waals surface area contributed by atoms with Gasteiger partial charge in [-0.3, -0.25) is 14.6 Å². The standard InChI is InChI=1S/C20H25N3O4/c1-13(2)11-22-20(25)16-10-15(7-8-21-16)19(24)23-12-14-5-6-17(26-3)18(9-14)27-4/h5-10,13H,11-12H2,1-4H3,(H,22,25)(H,23,24). The predicted octanol–water partition coefficient (Wildman–Crippen LogP) is 2.41. The van der Waals surface area contributed by atoms with Gasteiger partial charge in [-0.15, -0.1) is 0 Å². The van der Waals surface area contributed by atoms with Gasteiger partial charge in [-0.25, -0.2) is 0 Å². The first-order valence-corrected chi connectivity index (χ1v) is 8.68. The molecular weight excluding hydrogens is 346 g/mol. The van der Waals surface area contributed by atoms with E-state index in [1.54, 1.807) is 32.4 Å². The summed E-state index contributed by atoms with van der Waals surface area (Å²) in [6.07, 6.45) is 1.45. The molecule has 2 amide bonds. The fourth-order valence-electron chi connectivity index (χ4n) is 2.36. The van der Waals surface area contributed by atoms with Crippen LogP contribution in [0.4, 0.5) is 0 Å². The first-order valence-electron chi connectivity index (χ1n) is 8.68. The third-order valence-electron chi connectivity index (χ3n) is 3.83. The summed E-state index contributed by atoms with van der Waals surface area (Å²) < 4.78 is 10.5. The number of methoxy groups -OCH3 is 2. The number of hydrogen-bond acceptors (Lipinski definition) is 5. The van der Waals surface area contributed by atoms with E-state index in [1.807, 2.05) is 19.9 Å². The number of nitrogens with zero attached hydrogens (tertiary/aromatic N) is 1. The van der Waals surface area contributed by atoms with Gasteiger partial charge in [-0.05, 0) is 35.7 Å². The first kappa shape index (κ1) is 20.2. The molecule has 1 aromatic heterocycles. The van der Waals surface area contributed by atoms with Gasteiger partial charge in [0.25, 0.3) is 11.8 Å². The van der Waals surface area contributed by atoms with Gasteiger partial charge in [-0.1, -0.05) is 19.9 Å². The van der Waals surface area contributed by atoms with E-state index >= 15 is 0 Å². The molecule has 0 fully saturated rings. The Kier molecular flexibility index (Phi) is 7.16. The molecule has 2 rings (SSSR count). The van der Waals surface area contributed by atoms with Gasteiger partial charge >= 0.3 is 0 Å². The minimum Gasteiger partial charge on any atom is -0.493 e. The molecule has 0 spiro atoms. The molecule has 144 valence electrons. The number of carbonyl (C=O) groups is 2. The van der Waals surface area contributed by atoms with Crippen molar-refractivity contribution in [1.29, 1.82) is 0 Å². The molecule has 7 heteroatoms. The number of rotatable bonds is 8. The number of hydrogen-bond donors (Lipinski definition) is 2. The lowest BCUT2D eigenvalue weighted by molar-refractivity contribution is 0.0944. The summed E-state index contributed by atoms with van der Waals surface area (Å²) in [4.78, 5) is 28.6. The van der Waals surface area contributed by atoms with Crippen molar-refractivity contribution in [2.75, 3.05) is 20.8 Å². The lowest BCUT2D eigenvalue weighted by atomic mass is 10.1. The number of pyridine rings is 1. The molecule has 7 nitrogen and oxygen atoms in total. The Morgan fingerprint density at radius 2 is 1.74 bits per heavy atom. The van der Waals surface area contributed by atoms with Crippen molar-refractivity contribution in [2.45, 2.75) is 20.4 Å². The van der Waals surface area contributed by atoms with Gasteiger partial charge in [0.1, 0.15) is 5.69 Å². The van der Waals surface area contributed by atoms with E-state index in [9.17, 15) is 9.59 Å². The Hall–Kier alpha value is -3.09. The molecule has 1 heterocycles.